The maximum atomic E-state index is 12.5. The van der Waals surface area contributed by atoms with Crippen LogP contribution in [0.5, 0.6) is 0 Å². The normalized spacial score (nSPS) is 13.9. The molecule has 0 spiro atoms. The molecule has 0 aliphatic carbocycles. The van der Waals surface area contributed by atoms with E-state index in [9.17, 15) is 4.79 Å². The number of pyridine rings is 1. The quantitative estimate of drug-likeness (QED) is 0.836. The fourth-order valence-corrected chi connectivity index (χ4v) is 3.14. The number of hydrogen-bond donors (Lipinski definition) is 0. The Hall–Kier alpha value is -1.58. The third kappa shape index (κ3) is 3.26. The van der Waals surface area contributed by atoms with Crippen molar-refractivity contribution in [1.82, 2.24) is 9.88 Å². The van der Waals surface area contributed by atoms with Crippen LogP contribution in [-0.4, -0.2) is 22.3 Å². The summed E-state index contributed by atoms with van der Waals surface area (Å²) in [6, 6.07) is 5.78. The molecule has 0 radical (unpaired) electrons. The highest BCUT2D eigenvalue weighted by molar-refractivity contribution is 6.42. The lowest BCUT2D eigenvalue weighted by Gasteiger charge is -2.29. The Morgan fingerprint density at radius 1 is 1.18 bits per heavy atom. The van der Waals surface area contributed by atoms with E-state index >= 15 is 0 Å². The van der Waals surface area contributed by atoms with Gasteiger partial charge in [-0.3, -0.25) is 9.78 Å². The van der Waals surface area contributed by atoms with Crippen molar-refractivity contribution in [3.05, 3.63) is 62.9 Å². The molecule has 2 heterocycles. The van der Waals surface area contributed by atoms with Crippen LogP contribution < -0.4 is 0 Å². The Morgan fingerprint density at radius 3 is 2.64 bits per heavy atom. The largest absolute Gasteiger partial charge is 0.338 e. The molecule has 1 aliphatic heterocycles. The van der Waals surface area contributed by atoms with Gasteiger partial charge in [0.25, 0.3) is 0 Å². The molecule has 0 unspecified atom stereocenters. The van der Waals surface area contributed by atoms with Gasteiger partial charge in [0.2, 0.25) is 5.91 Å². The Kier molecular flexibility index (Phi) is 4.37. The lowest BCUT2D eigenvalue weighted by molar-refractivity contribution is -0.131. The molecular formula is C17H16Cl2N2O. The van der Waals surface area contributed by atoms with Gasteiger partial charge in [-0.25, -0.2) is 0 Å². The minimum Gasteiger partial charge on any atom is -0.338 e. The van der Waals surface area contributed by atoms with Gasteiger partial charge in [0.05, 0.1) is 16.5 Å². The first-order chi connectivity index (χ1) is 10.5. The molecule has 0 N–H and O–H groups in total. The second kappa shape index (κ2) is 6.27. The Balaban J connectivity index is 1.74. The molecular weight excluding hydrogens is 319 g/mol. The summed E-state index contributed by atoms with van der Waals surface area (Å²) in [5.41, 5.74) is 4.27. The van der Waals surface area contributed by atoms with Crippen LogP contribution in [-0.2, 0) is 24.2 Å². The fraction of sp³-hybridized carbons (Fsp3) is 0.294. The van der Waals surface area contributed by atoms with Gasteiger partial charge in [-0.2, -0.15) is 0 Å². The van der Waals surface area contributed by atoms with Gasteiger partial charge in [0, 0.05) is 25.5 Å². The zero-order valence-electron chi connectivity index (χ0n) is 12.3. The Labute approximate surface area is 139 Å². The number of fused-ring (bicyclic) bond motifs is 1. The lowest BCUT2D eigenvalue weighted by atomic mass is 9.99. The van der Waals surface area contributed by atoms with Crippen molar-refractivity contribution >= 4 is 29.1 Å². The summed E-state index contributed by atoms with van der Waals surface area (Å²) in [7, 11) is 0. The van der Waals surface area contributed by atoms with E-state index in [0.29, 0.717) is 29.6 Å². The lowest BCUT2D eigenvalue weighted by Crippen LogP contribution is -2.37. The SMILES string of the molecule is Cc1cncc(CC(=O)N2CCc3cc(Cl)c(Cl)cc3C2)c1. The monoisotopic (exact) mass is 334 g/mol. The van der Waals surface area contributed by atoms with Crippen molar-refractivity contribution in [3.63, 3.8) is 0 Å². The summed E-state index contributed by atoms with van der Waals surface area (Å²) in [5.74, 6) is 0.115. The highest BCUT2D eigenvalue weighted by atomic mass is 35.5. The first-order valence-electron chi connectivity index (χ1n) is 7.18. The van der Waals surface area contributed by atoms with Crippen LogP contribution >= 0.6 is 23.2 Å². The second-order valence-corrected chi connectivity index (χ2v) is 6.46. The molecule has 114 valence electrons. The van der Waals surface area contributed by atoms with Crippen LogP contribution in [0.25, 0.3) is 0 Å². The molecule has 1 amide bonds. The number of aromatic nitrogens is 1. The van der Waals surface area contributed by atoms with Crippen LogP contribution in [0, 0.1) is 6.92 Å². The number of hydrogen-bond acceptors (Lipinski definition) is 2. The molecule has 0 saturated carbocycles. The average Bonchev–Trinajstić information content (AvgIpc) is 2.48. The smallest absolute Gasteiger partial charge is 0.227 e. The number of rotatable bonds is 2. The van der Waals surface area contributed by atoms with Crippen LogP contribution in [0.1, 0.15) is 22.3 Å². The van der Waals surface area contributed by atoms with Crippen molar-refractivity contribution in [3.8, 4) is 0 Å². The van der Waals surface area contributed by atoms with Crippen LogP contribution in [0.15, 0.2) is 30.6 Å². The highest BCUT2D eigenvalue weighted by Gasteiger charge is 2.22. The van der Waals surface area contributed by atoms with Crippen molar-refractivity contribution in [2.75, 3.05) is 6.54 Å². The molecule has 1 aromatic heterocycles. The molecule has 22 heavy (non-hydrogen) atoms. The maximum Gasteiger partial charge on any atom is 0.227 e. The minimum absolute atomic E-state index is 0.115. The van der Waals surface area contributed by atoms with Gasteiger partial charge in [0.1, 0.15) is 0 Å². The third-order valence-corrected chi connectivity index (χ3v) is 4.62. The molecule has 1 aliphatic rings. The van der Waals surface area contributed by atoms with E-state index in [0.717, 1.165) is 23.1 Å². The summed E-state index contributed by atoms with van der Waals surface area (Å²) < 4.78 is 0. The van der Waals surface area contributed by atoms with Gasteiger partial charge >= 0.3 is 0 Å². The number of carbonyl (C=O) groups is 1. The molecule has 1 aromatic carbocycles. The molecule has 3 nitrogen and oxygen atoms in total. The van der Waals surface area contributed by atoms with Gasteiger partial charge in [0.15, 0.2) is 0 Å². The standard InChI is InChI=1S/C17H16Cl2N2O/c1-11-4-12(9-20-8-11)5-17(22)21-3-2-13-6-15(18)16(19)7-14(13)10-21/h4,6-9H,2-3,5,10H2,1H3. The number of nitrogens with zero attached hydrogens (tertiary/aromatic N) is 2. The topological polar surface area (TPSA) is 33.2 Å². The molecule has 0 bridgehead atoms. The van der Waals surface area contributed by atoms with E-state index in [1.54, 1.807) is 12.4 Å². The van der Waals surface area contributed by atoms with E-state index in [-0.39, 0.29) is 5.91 Å². The summed E-state index contributed by atoms with van der Waals surface area (Å²) in [6.45, 7) is 3.27. The number of amides is 1. The van der Waals surface area contributed by atoms with Gasteiger partial charge < -0.3 is 4.90 Å². The predicted molar refractivity (Wildman–Crippen MR) is 88.3 cm³/mol. The summed E-state index contributed by atoms with van der Waals surface area (Å²) in [6.07, 6.45) is 4.73. The zero-order chi connectivity index (χ0) is 15.7. The van der Waals surface area contributed by atoms with Gasteiger partial charge in [-0.05, 0) is 47.7 Å². The zero-order valence-corrected chi connectivity index (χ0v) is 13.8. The van der Waals surface area contributed by atoms with Crippen LogP contribution in [0.4, 0.5) is 0 Å². The maximum absolute atomic E-state index is 12.5. The minimum atomic E-state index is 0.115. The van der Waals surface area contributed by atoms with Crippen molar-refractivity contribution < 1.29 is 4.79 Å². The van der Waals surface area contributed by atoms with Crippen molar-refractivity contribution in [2.24, 2.45) is 0 Å². The molecule has 5 heteroatoms. The fourth-order valence-electron chi connectivity index (χ4n) is 2.76. The van der Waals surface area contributed by atoms with E-state index in [1.165, 1.54) is 5.56 Å². The summed E-state index contributed by atoms with van der Waals surface area (Å²) >= 11 is 12.1. The molecule has 0 saturated heterocycles. The van der Waals surface area contributed by atoms with Crippen LogP contribution in [0.3, 0.4) is 0 Å². The molecule has 3 rings (SSSR count). The molecule has 0 fully saturated rings. The second-order valence-electron chi connectivity index (χ2n) is 5.65. The first kappa shape index (κ1) is 15.3. The summed E-state index contributed by atoms with van der Waals surface area (Å²) in [5, 5.41) is 1.11. The van der Waals surface area contributed by atoms with Crippen molar-refractivity contribution in [1.29, 1.82) is 0 Å². The number of aryl methyl sites for hydroxylation is 1. The Bertz CT molecular complexity index is 731. The van der Waals surface area contributed by atoms with E-state index < -0.39 is 0 Å². The van der Waals surface area contributed by atoms with Gasteiger partial charge in [-0.15, -0.1) is 0 Å². The summed E-state index contributed by atoms with van der Waals surface area (Å²) in [4.78, 5) is 18.5. The van der Waals surface area contributed by atoms with E-state index in [2.05, 4.69) is 4.98 Å². The van der Waals surface area contributed by atoms with Crippen molar-refractivity contribution in [2.45, 2.75) is 26.3 Å². The predicted octanol–water partition coefficient (Wildman–Crippen LogP) is 3.82. The molecule has 2 aromatic rings. The average molecular weight is 335 g/mol. The number of carbonyl (C=O) groups excluding carboxylic acids is 1. The number of benzene rings is 1. The molecule has 0 atom stereocenters. The number of halogens is 2. The van der Waals surface area contributed by atoms with Crippen LogP contribution in [0.2, 0.25) is 10.0 Å². The first-order valence-corrected chi connectivity index (χ1v) is 7.93. The van der Waals surface area contributed by atoms with E-state index in [1.807, 2.05) is 30.0 Å². The van der Waals surface area contributed by atoms with Gasteiger partial charge in [-0.1, -0.05) is 29.3 Å². The van der Waals surface area contributed by atoms with E-state index in [4.69, 9.17) is 23.2 Å². The Morgan fingerprint density at radius 2 is 1.91 bits per heavy atom. The highest BCUT2D eigenvalue weighted by Crippen LogP contribution is 2.29. The third-order valence-electron chi connectivity index (χ3n) is 3.89.